The van der Waals surface area contributed by atoms with E-state index < -0.39 is 47.7 Å². The molecule has 98 valence electrons. The first-order valence-electron chi connectivity index (χ1n) is 3.91. The van der Waals surface area contributed by atoms with E-state index in [2.05, 4.69) is 0 Å². The quantitative estimate of drug-likeness (QED) is 0.251. The van der Waals surface area contributed by atoms with E-state index in [0.29, 0.717) is 0 Å². The second kappa shape index (κ2) is 5.66. The van der Waals surface area contributed by atoms with Crippen LogP contribution in [0.1, 0.15) is 0 Å². The Hall–Kier alpha value is -1.47. The van der Waals surface area contributed by atoms with Crippen LogP contribution in [0.2, 0.25) is 0 Å². The van der Waals surface area contributed by atoms with Gasteiger partial charge in [0.05, 0.1) is 9.85 Å². The molecule has 0 aromatic heterocycles. The van der Waals surface area contributed by atoms with Gasteiger partial charge in [-0.05, 0) is 0 Å². The predicted octanol–water partition coefficient (Wildman–Crippen LogP) is -3.18. The smallest absolute Gasteiger partial charge is 0.744 e. The molecular formula is C6H3N2NaO9S. The summed E-state index contributed by atoms with van der Waals surface area (Å²) in [4.78, 5) is 16.4. The van der Waals surface area contributed by atoms with Gasteiger partial charge < -0.3 is 14.8 Å². The molecule has 0 unspecified atom stereocenters. The number of benzene rings is 1. The van der Waals surface area contributed by atoms with Crippen LogP contribution < -0.4 is 29.6 Å². The molecule has 0 spiro atoms. The van der Waals surface area contributed by atoms with Crippen molar-refractivity contribution in [2.45, 2.75) is 4.90 Å². The van der Waals surface area contributed by atoms with E-state index in [0.717, 1.165) is 0 Å². The van der Waals surface area contributed by atoms with Gasteiger partial charge in [-0.2, -0.15) is 0 Å². The van der Waals surface area contributed by atoms with E-state index in [1.807, 2.05) is 0 Å². The summed E-state index contributed by atoms with van der Waals surface area (Å²) < 4.78 is 32.1. The average molecular weight is 302 g/mol. The molecule has 11 nitrogen and oxygen atoms in total. The van der Waals surface area contributed by atoms with E-state index in [1.165, 1.54) is 0 Å². The summed E-state index contributed by atoms with van der Waals surface area (Å²) in [6.45, 7) is 0. The normalized spacial score (nSPS) is 10.6. The molecule has 1 aromatic carbocycles. The fourth-order valence-corrected chi connectivity index (χ4v) is 1.81. The van der Waals surface area contributed by atoms with Crippen molar-refractivity contribution in [3.8, 4) is 11.5 Å². The molecular weight excluding hydrogens is 299 g/mol. The van der Waals surface area contributed by atoms with Crippen molar-refractivity contribution in [2.75, 3.05) is 0 Å². The Balaban J connectivity index is 0.00000324. The minimum Gasteiger partial charge on any atom is -0.744 e. The van der Waals surface area contributed by atoms with Crippen LogP contribution in [-0.4, -0.2) is 33.0 Å². The maximum atomic E-state index is 10.7. The molecule has 0 aliphatic heterocycles. The van der Waals surface area contributed by atoms with Crippen LogP contribution in [0.3, 0.4) is 0 Å². The van der Waals surface area contributed by atoms with Gasteiger partial charge in [0.15, 0.2) is 4.90 Å². The summed E-state index contributed by atoms with van der Waals surface area (Å²) >= 11 is 0. The Morgan fingerprint density at radius 2 is 1.32 bits per heavy atom. The number of rotatable bonds is 3. The molecule has 0 fully saturated rings. The Kier molecular flexibility index (Phi) is 5.23. The van der Waals surface area contributed by atoms with Crippen LogP contribution in [0.15, 0.2) is 11.0 Å². The van der Waals surface area contributed by atoms with Gasteiger partial charge in [0, 0.05) is 0 Å². The van der Waals surface area contributed by atoms with Gasteiger partial charge in [0.2, 0.25) is 11.5 Å². The van der Waals surface area contributed by atoms with Gasteiger partial charge in [0.25, 0.3) is 0 Å². The maximum absolute atomic E-state index is 10.7. The standard InChI is InChI=1S/C6H4N2O9S.Na/c9-4-2(7(11)12)1-3(8(13)14)5(10)6(4)18(15,16)17;/h1,9-10H,(H,15,16,17);/q;+1/p-1. The van der Waals surface area contributed by atoms with Crippen molar-refractivity contribution in [1.82, 2.24) is 0 Å². The minimum atomic E-state index is -5.54. The molecule has 0 heterocycles. The number of nitro benzene ring substituents is 2. The summed E-state index contributed by atoms with van der Waals surface area (Å²) in [5.41, 5.74) is -2.76. The number of hydrogen-bond acceptors (Lipinski definition) is 9. The third-order valence-electron chi connectivity index (χ3n) is 1.83. The first-order chi connectivity index (χ1) is 8.07. The van der Waals surface area contributed by atoms with E-state index >= 15 is 0 Å². The van der Waals surface area contributed by atoms with E-state index in [9.17, 15) is 43.4 Å². The van der Waals surface area contributed by atoms with Crippen LogP contribution in [-0.2, 0) is 10.1 Å². The van der Waals surface area contributed by atoms with Crippen molar-refractivity contribution in [3.63, 3.8) is 0 Å². The Morgan fingerprint density at radius 3 is 1.53 bits per heavy atom. The van der Waals surface area contributed by atoms with Crippen molar-refractivity contribution >= 4 is 21.5 Å². The van der Waals surface area contributed by atoms with E-state index in [-0.39, 0.29) is 35.6 Å². The average Bonchev–Trinajstić information content (AvgIpc) is 2.13. The van der Waals surface area contributed by atoms with E-state index in [4.69, 9.17) is 0 Å². The number of aromatic hydroxyl groups is 2. The third-order valence-corrected chi connectivity index (χ3v) is 2.72. The van der Waals surface area contributed by atoms with Crippen molar-refractivity contribution in [3.05, 3.63) is 26.3 Å². The molecule has 0 atom stereocenters. The molecule has 1 aromatic rings. The Morgan fingerprint density at radius 1 is 1.00 bits per heavy atom. The van der Waals surface area contributed by atoms with Crippen LogP contribution >= 0.6 is 0 Å². The van der Waals surface area contributed by atoms with Gasteiger partial charge in [-0.1, -0.05) is 0 Å². The summed E-state index contributed by atoms with van der Waals surface area (Å²) in [7, 11) is -5.54. The van der Waals surface area contributed by atoms with Gasteiger partial charge in [0.1, 0.15) is 16.2 Å². The largest absolute Gasteiger partial charge is 1.00 e. The molecule has 0 saturated heterocycles. The molecule has 0 amide bonds. The topological polar surface area (TPSA) is 184 Å². The Labute approximate surface area is 126 Å². The van der Waals surface area contributed by atoms with E-state index in [1.54, 1.807) is 0 Å². The molecule has 0 radical (unpaired) electrons. The summed E-state index contributed by atoms with van der Waals surface area (Å²) in [5, 5.41) is 39.2. The number of hydrogen-bond donors (Lipinski definition) is 2. The summed E-state index contributed by atoms with van der Waals surface area (Å²) in [6, 6.07) is 0.138. The second-order valence-corrected chi connectivity index (χ2v) is 4.23. The van der Waals surface area contributed by atoms with Gasteiger partial charge in [-0.3, -0.25) is 20.2 Å². The van der Waals surface area contributed by atoms with Gasteiger partial charge in [-0.25, -0.2) is 8.42 Å². The molecule has 13 heteroatoms. The van der Waals surface area contributed by atoms with Crippen LogP contribution in [0.4, 0.5) is 11.4 Å². The van der Waals surface area contributed by atoms with Crippen LogP contribution in [0.25, 0.3) is 0 Å². The first kappa shape index (κ1) is 17.5. The zero-order chi connectivity index (χ0) is 14.2. The number of nitro groups is 2. The zero-order valence-electron chi connectivity index (χ0n) is 9.13. The summed E-state index contributed by atoms with van der Waals surface area (Å²) in [5.74, 6) is -3.31. The molecule has 0 aliphatic rings. The number of phenolic OH excluding ortho intramolecular Hbond substituents is 2. The van der Waals surface area contributed by atoms with Gasteiger partial charge in [-0.15, -0.1) is 0 Å². The second-order valence-electron chi connectivity index (χ2n) is 2.91. The van der Waals surface area contributed by atoms with Crippen molar-refractivity contribution in [2.24, 2.45) is 0 Å². The van der Waals surface area contributed by atoms with Gasteiger partial charge >= 0.3 is 40.9 Å². The van der Waals surface area contributed by atoms with Crippen LogP contribution in [0.5, 0.6) is 11.5 Å². The molecule has 0 aliphatic carbocycles. The summed E-state index contributed by atoms with van der Waals surface area (Å²) in [6.07, 6.45) is 0. The third kappa shape index (κ3) is 3.30. The molecule has 0 saturated carbocycles. The SMILES string of the molecule is O=[N+]([O-])c1cc([N+](=O)[O-])c(O)c(S(=O)(=O)[O-])c1O.[Na+]. The molecule has 0 bridgehead atoms. The minimum absolute atomic E-state index is 0. The Bertz CT molecular complexity index is 617. The monoisotopic (exact) mass is 302 g/mol. The fraction of sp³-hybridized carbons (Fsp3) is 0. The fourth-order valence-electron chi connectivity index (χ4n) is 1.13. The van der Waals surface area contributed by atoms with Crippen molar-refractivity contribution < 1.29 is 62.6 Å². The number of nitrogens with zero attached hydrogens (tertiary/aromatic N) is 2. The predicted molar refractivity (Wildman–Crippen MR) is 51.0 cm³/mol. The molecule has 1 rings (SSSR count). The molecule has 2 N–H and O–H groups in total. The zero-order valence-corrected chi connectivity index (χ0v) is 11.9. The maximum Gasteiger partial charge on any atom is 1.00 e. The first-order valence-corrected chi connectivity index (χ1v) is 5.31. The van der Waals surface area contributed by atoms with Crippen molar-refractivity contribution in [1.29, 1.82) is 0 Å². The van der Waals surface area contributed by atoms with Crippen LogP contribution in [0, 0.1) is 20.2 Å². The molecule has 19 heavy (non-hydrogen) atoms. The number of phenols is 2.